The van der Waals surface area contributed by atoms with Crippen molar-refractivity contribution in [2.24, 2.45) is 0 Å². The van der Waals surface area contributed by atoms with Gasteiger partial charge in [0.15, 0.2) is 0 Å². The average molecular weight is 459 g/mol. The molecule has 0 aromatic carbocycles. The zero-order chi connectivity index (χ0) is 23.4. The molecule has 2 fully saturated rings. The van der Waals surface area contributed by atoms with Crippen LogP contribution in [0.15, 0.2) is 12.3 Å². The molecule has 33 heavy (non-hydrogen) atoms. The summed E-state index contributed by atoms with van der Waals surface area (Å²) in [6.45, 7) is 7.22. The normalized spacial score (nSPS) is 18.9. The van der Waals surface area contributed by atoms with Crippen LogP contribution in [0, 0.1) is 0 Å². The second kappa shape index (κ2) is 10.0. The molecular weight excluding hydrogens is 428 g/mol. The van der Waals surface area contributed by atoms with Crippen molar-refractivity contribution >= 4 is 23.8 Å². The summed E-state index contributed by atoms with van der Waals surface area (Å²) in [5, 5.41) is 0. The first-order valence-corrected chi connectivity index (χ1v) is 11.1. The Morgan fingerprint density at radius 3 is 2.70 bits per heavy atom. The Morgan fingerprint density at radius 2 is 1.97 bits per heavy atom. The quantitative estimate of drug-likeness (QED) is 0.666. The molecule has 0 bridgehead atoms. The predicted molar refractivity (Wildman–Crippen MR) is 122 cm³/mol. The molecule has 2 aliphatic rings. The molecule has 0 unspecified atom stereocenters. The molecule has 0 saturated carbocycles. The van der Waals surface area contributed by atoms with Crippen LogP contribution in [0.3, 0.4) is 0 Å². The molecular formula is C21H30N8O4. The molecule has 4 heterocycles. The highest BCUT2D eigenvalue weighted by Gasteiger charge is 2.27. The van der Waals surface area contributed by atoms with Crippen LogP contribution in [-0.2, 0) is 9.47 Å². The number of carbonyl (C=O) groups is 1. The van der Waals surface area contributed by atoms with Gasteiger partial charge in [-0.15, -0.1) is 0 Å². The Bertz CT molecular complexity index is 983. The van der Waals surface area contributed by atoms with Crippen molar-refractivity contribution in [1.29, 1.82) is 0 Å². The van der Waals surface area contributed by atoms with Crippen molar-refractivity contribution in [2.75, 3.05) is 55.8 Å². The van der Waals surface area contributed by atoms with Gasteiger partial charge in [0.1, 0.15) is 11.9 Å². The summed E-state index contributed by atoms with van der Waals surface area (Å²) in [5.41, 5.74) is 12.8. The van der Waals surface area contributed by atoms with Crippen LogP contribution in [0.5, 0.6) is 5.88 Å². The van der Waals surface area contributed by atoms with Gasteiger partial charge in [-0.05, 0) is 26.7 Å². The van der Waals surface area contributed by atoms with Crippen LogP contribution in [-0.4, -0.2) is 82.5 Å². The zero-order valence-corrected chi connectivity index (χ0v) is 18.9. The number of anilines is 3. The fraction of sp³-hybridized carbons (Fsp3) is 0.571. The SMILES string of the molecule is CC(C)OC(=O)N1CCC[C@@H](Oc2cc(-c3cnc(N)nc3N)nc(N3CCOCC3)n2)C1. The summed E-state index contributed by atoms with van der Waals surface area (Å²) in [7, 11) is 0. The van der Waals surface area contributed by atoms with Crippen molar-refractivity contribution in [3.05, 3.63) is 12.3 Å². The van der Waals surface area contributed by atoms with Gasteiger partial charge in [-0.1, -0.05) is 0 Å². The van der Waals surface area contributed by atoms with Crippen LogP contribution in [0.25, 0.3) is 11.3 Å². The Morgan fingerprint density at radius 1 is 1.18 bits per heavy atom. The third kappa shape index (κ3) is 5.69. The third-order valence-corrected chi connectivity index (χ3v) is 5.36. The molecule has 4 rings (SSSR count). The van der Waals surface area contributed by atoms with Crippen molar-refractivity contribution in [3.8, 4) is 17.1 Å². The Kier molecular flexibility index (Phi) is 6.92. The molecule has 12 nitrogen and oxygen atoms in total. The number of hydrogen-bond acceptors (Lipinski definition) is 11. The lowest BCUT2D eigenvalue weighted by Crippen LogP contribution is -2.45. The van der Waals surface area contributed by atoms with Crippen LogP contribution >= 0.6 is 0 Å². The van der Waals surface area contributed by atoms with E-state index in [0.29, 0.717) is 62.5 Å². The average Bonchev–Trinajstić information content (AvgIpc) is 2.79. The number of likely N-dealkylation sites (tertiary alicyclic amines) is 1. The number of morpholine rings is 1. The fourth-order valence-electron chi connectivity index (χ4n) is 3.77. The van der Waals surface area contributed by atoms with E-state index >= 15 is 0 Å². The van der Waals surface area contributed by atoms with Gasteiger partial charge in [0.05, 0.1) is 37.1 Å². The standard InChI is InChI=1S/C21H30N8O4/c1-13(2)32-21(30)29-5-3-4-14(12-29)33-17-10-16(15-11-24-19(23)27-18(15)22)25-20(26-17)28-6-8-31-9-7-28/h10-11,13-14H,3-9,12H2,1-2H3,(H4,22,23,24,27)/t14-/m1/s1. The van der Waals surface area contributed by atoms with Crippen LogP contribution < -0.4 is 21.1 Å². The van der Waals surface area contributed by atoms with E-state index in [-0.39, 0.29) is 30.1 Å². The van der Waals surface area contributed by atoms with Crippen molar-refractivity contribution in [3.63, 3.8) is 0 Å². The first kappa shape index (κ1) is 22.8. The van der Waals surface area contributed by atoms with E-state index < -0.39 is 0 Å². The van der Waals surface area contributed by atoms with E-state index in [2.05, 4.69) is 19.9 Å². The maximum absolute atomic E-state index is 12.3. The van der Waals surface area contributed by atoms with Crippen molar-refractivity contribution in [1.82, 2.24) is 24.8 Å². The maximum Gasteiger partial charge on any atom is 0.410 e. The molecule has 1 amide bonds. The summed E-state index contributed by atoms with van der Waals surface area (Å²) < 4.78 is 17.0. The highest BCUT2D eigenvalue weighted by molar-refractivity contribution is 5.72. The van der Waals surface area contributed by atoms with Crippen molar-refractivity contribution in [2.45, 2.75) is 38.9 Å². The molecule has 2 saturated heterocycles. The Labute approximate surface area is 192 Å². The lowest BCUT2D eigenvalue weighted by atomic mass is 10.1. The fourth-order valence-corrected chi connectivity index (χ4v) is 3.77. The number of aromatic nitrogens is 4. The topological polar surface area (TPSA) is 155 Å². The van der Waals surface area contributed by atoms with Gasteiger partial charge in [0, 0.05) is 31.9 Å². The second-order valence-electron chi connectivity index (χ2n) is 8.28. The van der Waals surface area contributed by atoms with Crippen LogP contribution in [0.4, 0.5) is 22.5 Å². The van der Waals surface area contributed by atoms with Crippen LogP contribution in [0.2, 0.25) is 0 Å². The number of hydrogen-bond donors (Lipinski definition) is 2. The minimum Gasteiger partial charge on any atom is -0.472 e. The molecule has 0 spiro atoms. The molecule has 0 radical (unpaired) electrons. The van der Waals surface area contributed by atoms with E-state index in [4.69, 9.17) is 25.7 Å². The largest absolute Gasteiger partial charge is 0.472 e. The Hall–Kier alpha value is -3.41. The number of carbonyl (C=O) groups excluding carboxylic acids is 1. The number of piperidine rings is 1. The highest BCUT2D eigenvalue weighted by atomic mass is 16.6. The molecule has 2 aliphatic heterocycles. The monoisotopic (exact) mass is 458 g/mol. The van der Waals surface area contributed by atoms with Gasteiger partial charge in [-0.3, -0.25) is 0 Å². The summed E-state index contributed by atoms with van der Waals surface area (Å²) >= 11 is 0. The molecule has 12 heteroatoms. The summed E-state index contributed by atoms with van der Waals surface area (Å²) in [6, 6.07) is 1.71. The molecule has 2 aromatic heterocycles. The molecule has 1 atom stereocenters. The smallest absolute Gasteiger partial charge is 0.410 e. The predicted octanol–water partition coefficient (Wildman–Crippen LogP) is 1.32. The third-order valence-electron chi connectivity index (χ3n) is 5.36. The van der Waals surface area contributed by atoms with Gasteiger partial charge >= 0.3 is 6.09 Å². The minimum absolute atomic E-state index is 0.0887. The van der Waals surface area contributed by atoms with E-state index in [1.807, 2.05) is 18.7 Å². The van der Waals surface area contributed by atoms with E-state index in [9.17, 15) is 4.79 Å². The van der Waals surface area contributed by atoms with Crippen LogP contribution in [0.1, 0.15) is 26.7 Å². The molecule has 0 aliphatic carbocycles. The number of nitrogen functional groups attached to an aromatic ring is 2. The summed E-state index contributed by atoms with van der Waals surface area (Å²) in [4.78, 5) is 33.4. The van der Waals surface area contributed by atoms with Gasteiger partial charge in [0.2, 0.25) is 17.8 Å². The zero-order valence-electron chi connectivity index (χ0n) is 18.9. The molecule has 4 N–H and O–H groups in total. The second-order valence-corrected chi connectivity index (χ2v) is 8.28. The first-order valence-electron chi connectivity index (χ1n) is 11.1. The Balaban J connectivity index is 1.59. The number of nitrogens with zero attached hydrogens (tertiary/aromatic N) is 6. The highest BCUT2D eigenvalue weighted by Crippen LogP contribution is 2.29. The first-order chi connectivity index (χ1) is 15.9. The van der Waals surface area contributed by atoms with Gasteiger partial charge in [-0.25, -0.2) is 14.8 Å². The minimum atomic E-state index is -0.331. The lowest BCUT2D eigenvalue weighted by molar-refractivity contribution is 0.0427. The van der Waals surface area contributed by atoms with Gasteiger partial charge < -0.3 is 35.5 Å². The maximum atomic E-state index is 12.3. The number of rotatable bonds is 5. The number of amides is 1. The van der Waals surface area contributed by atoms with Gasteiger partial charge in [-0.2, -0.15) is 9.97 Å². The molecule has 178 valence electrons. The van der Waals surface area contributed by atoms with Gasteiger partial charge in [0.25, 0.3) is 0 Å². The van der Waals surface area contributed by atoms with Crippen molar-refractivity contribution < 1.29 is 19.0 Å². The molecule has 2 aromatic rings. The lowest BCUT2D eigenvalue weighted by Gasteiger charge is -2.32. The van der Waals surface area contributed by atoms with E-state index in [1.165, 1.54) is 6.20 Å². The van der Waals surface area contributed by atoms with E-state index in [1.54, 1.807) is 11.0 Å². The number of nitrogens with two attached hydrogens (primary N) is 2. The number of ether oxygens (including phenoxy) is 3. The van der Waals surface area contributed by atoms with E-state index in [0.717, 1.165) is 12.8 Å². The summed E-state index contributed by atoms with van der Waals surface area (Å²) in [6.07, 6.45) is 2.42. The summed E-state index contributed by atoms with van der Waals surface area (Å²) in [5.74, 6) is 1.21.